The second kappa shape index (κ2) is 7.22. The molecule has 1 aromatic heterocycles. The monoisotopic (exact) mass is 318 g/mol. The first-order valence-electron chi connectivity index (χ1n) is 7.21. The van der Waals surface area contributed by atoms with Crippen molar-refractivity contribution in [1.29, 1.82) is 0 Å². The van der Waals surface area contributed by atoms with Gasteiger partial charge in [-0.2, -0.15) is 0 Å². The molecule has 5 nitrogen and oxygen atoms in total. The minimum atomic E-state index is -0.109. The molecule has 116 valence electrons. The van der Waals surface area contributed by atoms with Crippen molar-refractivity contribution >= 4 is 29.0 Å². The van der Waals surface area contributed by atoms with E-state index in [2.05, 4.69) is 15.5 Å². The van der Waals surface area contributed by atoms with Crippen molar-refractivity contribution in [3.8, 4) is 0 Å². The predicted octanol–water partition coefficient (Wildman–Crippen LogP) is 3.66. The molecule has 0 unspecified atom stereocenters. The Labute approximate surface area is 135 Å². The Morgan fingerprint density at radius 1 is 1.18 bits per heavy atom. The molecule has 22 heavy (non-hydrogen) atoms. The maximum absolute atomic E-state index is 12.1. The first-order valence-corrected chi connectivity index (χ1v) is 7.59. The van der Waals surface area contributed by atoms with Gasteiger partial charge in [0.15, 0.2) is 11.5 Å². The Balaban J connectivity index is 2.11. The first kappa shape index (κ1) is 16.2. The minimum Gasteiger partial charge on any atom is -0.339 e. The van der Waals surface area contributed by atoms with E-state index in [4.69, 9.17) is 11.6 Å². The molecule has 2 aromatic rings. The summed E-state index contributed by atoms with van der Waals surface area (Å²) >= 11 is 6.09. The molecule has 0 aliphatic rings. The molecule has 0 atom stereocenters. The summed E-state index contributed by atoms with van der Waals surface area (Å²) in [5.74, 6) is 0.457. The van der Waals surface area contributed by atoms with Crippen LogP contribution in [0.25, 0.3) is 0 Å². The average molecular weight is 319 g/mol. The summed E-state index contributed by atoms with van der Waals surface area (Å²) in [6.45, 7) is 7.12. The summed E-state index contributed by atoms with van der Waals surface area (Å²) < 4.78 is 0. The molecule has 1 aromatic carbocycles. The highest BCUT2D eigenvalue weighted by Gasteiger charge is 2.14. The summed E-state index contributed by atoms with van der Waals surface area (Å²) in [5.41, 5.74) is 2.18. The molecule has 0 bridgehead atoms. The van der Waals surface area contributed by atoms with Crippen LogP contribution in [0, 0.1) is 6.92 Å². The van der Waals surface area contributed by atoms with Crippen LogP contribution >= 0.6 is 11.6 Å². The number of aryl methyl sites for hydroxylation is 1. The third-order valence-electron chi connectivity index (χ3n) is 3.38. The number of amides is 1. The van der Waals surface area contributed by atoms with Gasteiger partial charge in [-0.3, -0.25) is 4.79 Å². The maximum atomic E-state index is 12.1. The van der Waals surface area contributed by atoms with Crippen molar-refractivity contribution in [3.05, 3.63) is 46.6 Å². The van der Waals surface area contributed by atoms with Crippen LogP contribution in [-0.4, -0.2) is 34.1 Å². The summed E-state index contributed by atoms with van der Waals surface area (Å²) in [4.78, 5) is 13.8. The summed E-state index contributed by atoms with van der Waals surface area (Å²) in [6, 6.07) is 9.07. The van der Waals surface area contributed by atoms with Crippen LogP contribution < -0.4 is 5.32 Å². The lowest BCUT2D eigenvalue weighted by Crippen LogP contribution is -2.31. The molecule has 0 fully saturated rings. The van der Waals surface area contributed by atoms with Gasteiger partial charge in [-0.1, -0.05) is 17.7 Å². The number of aromatic nitrogens is 2. The van der Waals surface area contributed by atoms with Crippen LogP contribution in [0.3, 0.4) is 0 Å². The number of nitrogens with one attached hydrogen (secondary N) is 1. The van der Waals surface area contributed by atoms with Crippen molar-refractivity contribution < 1.29 is 4.79 Å². The van der Waals surface area contributed by atoms with Crippen molar-refractivity contribution in [1.82, 2.24) is 15.1 Å². The fraction of sp³-hybridized carbons (Fsp3) is 0.312. The van der Waals surface area contributed by atoms with E-state index in [1.807, 2.05) is 39.0 Å². The number of hydrogen-bond acceptors (Lipinski definition) is 4. The molecule has 2 rings (SSSR count). The van der Waals surface area contributed by atoms with Gasteiger partial charge in [0.2, 0.25) is 0 Å². The van der Waals surface area contributed by atoms with E-state index in [0.717, 1.165) is 11.3 Å². The molecule has 0 saturated heterocycles. The number of carbonyl (C=O) groups excluding carboxylic acids is 1. The zero-order valence-electron chi connectivity index (χ0n) is 12.9. The summed E-state index contributed by atoms with van der Waals surface area (Å²) in [5, 5.41) is 11.8. The topological polar surface area (TPSA) is 58.1 Å². The van der Waals surface area contributed by atoms with E-state index in [1.165, 1.54) is 0 Å². The Kier molecular flexibility index (Phi) is 5.33. The van der Waals surface area contributed by atoms with Gasteiger partial charge >= 0.3 is 0 Å². The lowest BCUT2D eigenvalue weighted by Gasteiger charge is -2.17. The third kappa shape index (κ3) is 3.74. The smallest absolute Gasteiger partial charge is 0.274 e. The highest BCUT2D eigenvalue weighted by molar-refractivity contribution is 6.31. The molecular weight excluding hydrogens is 300 g/mol. The molecule has 1 N–H and O–H groups in total. The molecule has 1 heterocycles. The average Bonchev–Trinajstić information content (AvgIpc) is 2.53. The van der Waals surface area contributed by atoms with Gasteiger partial charge in [-0.25, -0.2) is 0 Å². The van der Waals surface area contributed by atoms with Crippen LogP contribution in [0.5, 0.6) is 0 Å². The fourth-order valence-corrected chi connectivity index (χ4v) is 2.18. The number of benzene rings is 1. The SMILES string of the molecule is CCN(CC)C(=O)c1ccc(Nc2ccc(C)c(Cl)c2)nn1. The van der Waals surface area contributed by atoms with Crippen LogP contribution in [0.15, 0.2) is 30.3 Å². The number of carbonyl (C=O) groups is 1. The van der Waals surface area contributed by atoms with Gasteiger partial charge in [0.25, 0.3) is 5.91 Å². The lowest BCUT2D eigenvalue weighted by atomic mass is 10.2. The molecule has 0 aliphatic heterocycles. The van der Waals surface area contributed by atoms with E-state index < -0.39 is 0 Å². The van der Waals surface area contributed by atoms with Crippen LogP contribution in [0.4, 0.5) is 11.5 Å². The standard InChI is InChI=1S/C16H19ClN4O/c1-4-21(5-2)16(22)14-8-9-15(20-19-14)18-12-7-6-11(3)13(17)10-12/h6-10H,4-5H2,1-3H3,(H,18,20). The molecule has 0 spiro atoms. The molecular formula is C16H19ClN4O. The number of anilines is 2. The molecule has 0 aliphatic carbocycles. The minimum absolute atomic E-state index is 0.109. The van der Waals surface area contributed by atoms with E-state index >= 15 is 0 Å². The zero-order valence-corrected chi connectivity index (χ0v) is 13.7. The van der Waals surface area contributed by atoms with Gasteiger partial charge in [-0.05, 0) is 50.6 Å². The quantitative estimate of drug-likeness (QED) is 0.914. The molecule has 0 radical (unpaired) electrons. The fourth-order valence-electron chi connectivity index (χ4n) is 2.00. The predicted molar refractivity (Wildman–Crippen MR) is 88.8 cm³/mol. The highest BCUT2D eigenvalue weighted by atomic mass is 35.5. The third-order valence-corrected chi connectivity index (χ3v) is 3.79. The van der Waals surface area contributed by atoms with Gasteiger partial charge in [0, 0.05) is 23.8 Å². The first-order chi connectivity index (χ1) is 10.5. The van der Waals surface area contributed by atoms with Crippen molar-refractivity contribution in [2.24, 2.45) is 0 Å². The second-order valence-electron chi connectivity index (χ2n) is 4.87. The normalized spacial score (nSPS) is 10.4. The molecule has 1 amide bonds. The van der Waals surface area contributed by atoms with Gasteiger partial charge in [0.1, 0.15) is 0 Å². The Morgan fingerprint density at radius 3 is 2.45 bits per heavy atom. The Morgan fingerprint density at radius 2 is 1.91 bits per heavy atom. The number of hydrogen-bond donors (Lipinski definition) is 1. The van der Waals surface area contributed by atoms with Crippen LogP contribution in [0.2, 0.25) is 5.02 Å². The lowest BCUT2D eigenvalue weighted by molar-refractivity contribution is 0.0766. The van der Waals surface area contributed by atoms with E-state index in [9.17, 15) is 4.79 Å². The number of nitrogens with zero attached hydrogens (tertiary/aromatic N) is 3. The van der Waals surface area contributed by atoms with Crippen LogP contribution in [0.1, 0.15) is 29.9 Å². The summed E-state index contributed by atoms with van der Waals surface area (Å²) in [7, 11) is 0. The largest absolute Gasteiger partial charge is 0.339 e. The number of halogens is 1. The van der Waals surface area contributed by atoms with Gasteiger partial charge in [0.05, 0.1) is 0 Å². The maximum Gasteiger partial charge on any atom is 0.274 e. The van der Waals surface area contributed by atoms with Crippen molar-refractivity contribution in [2.75, 3.05) is 18.4 Å². The van der Waals surface area contributed by atoms with Gasteiger partial charge < -0.3 is 10.2 Å². The molecule has 0 saturated carbocycles. The molecule has 6 heteroatoms. The van der Waals surface area contributed by atoms with E-state index in [0.29, 0.717) is 29.6 Å². The Hall–Kier alpha value is -2.14. The zero-order chi connectivity index (χ0) is 16.1. The van der Waals surface area contributed by atoms with Gasteiger partial charge in [-0.15, -0.1) is 10.2 Å². The summed E-state index contributed by atoms with van der Waals surface area (Å²) in [6.07, 6.45) is 0. The highest BCUT2D eigenvalue weighted by Crippen LogP contribution is 2.22. The van der Waals surface area contributed by atoms with Crippen molar-refractivity contribution in [3.63, 3.8) is 0 Å². The second-order valence-corrected chi connectivity index (χ2v) is 5.28. The van der Waals surface area contributed by atoms with E-state index in [-0.39, 0.29) is 5.91 Å². The van der Waals surface area contributed by atoms with Crippen LogP contribution in [-0.2, 0) is 0 Å². The Bertz CT molecular complexity index is 654. The number of rotatable bonds is 5. The van der Waals surface area contributed by atoms with Crippen molar-refractivity contribution in [2.45, 2.75) is 20.8 Å². The van der Waals surface area contributed by atoms with E-state index in [1.54, 1.807) is 17.0 Å².